The van der Waals surface area contributed by atoms with Gasteiger partial charge in [-0.25, -0.2) is 4.98 Å². The van der Waals surface area contributed by atoms with Crippen LogP contribution in [0.4, 0.5) is 0 Å². The molecule has 0 radical (unpaired) electrons. The fraction of sp³-hybridized carbons (Fsp3) is 0.625. The number of rotatable bonds is 3. The molecule has 3 heteroatoms. The fourth-order valence-electron chi connectivity index (χ4n) is 1.03. The van der Waals surface area contributed by atoms with Gasteiger partial charge in [0.1, 0.15) is 0 Å². The van der Waals surface area contributed by atoms with Crippen molar-refractivity contribution in [1.82, 2.24) is 9.55 Å². The topological polar surface area (TPSA) is 38.0 Å². The van der Waals surface area contributed by atoms with Gasteiger partial charge in [0.05, 0.1) is 18.1 Å². The maximum absolute atomic E-state index is 9.46. The van der Waals surface area contributed by atoms with Gasteiger partial charge in [0.2, 0.25) is 0 Å². The van der Waals surface area contributed by atoms with Crippen LogP contribution in [-0.4, -0.2) is 14.7 Å². The highest BCUT2D eigenvalue weighted by Crippen LogP contribution is 2.14. The van der Waals surface area contributed by atoms with Crippen LogP contribution in [0.15, 0.2) is 12.5 Å². The molecule has 0 aliphatic heterocycles. The molecule has 1 unspecified atom stereocenters. The van der Waals surface area contributed by atoms with Crippen LogP contribution in [0.25, 0.3) is 0 Å². The number of imidazole rings is 1. The Labute approximate surface area is 66.7 Å². The van der Waals surface area contributed by atoms with Gasteiger partial charge in [-0.2, -0.15) is 0 Å². The van der Waals surface area contributed by atoms with Gasteiger partial charge in [0.15, 0.2) is 0 Å². The first-order chi connectivity index (χ1) is 5.24. The van der Waals surface area contributed by atoms with Gasteiger partial charge in [-0.15, -0.1) is 0 Å². The maximum Gasteiger partial charge on any atom is 0.0975 e. The molecule has 1 N–H and O–H groups in total. The Morgan fingerprint density at radius 1 is 1.73 bits per heavy atom. The van der Waals surface area contributed by atoms with Gasteiger partial charge in [0, 0.05) is 13.2 Å². The summed E-state index contributed by atoms with van der Waals surface area (Å²) >= 11 is 0. The molecule has 3 nitrogen and oxygen atoms in total. The van der Waals surface area contributed by atoms with Gasteiger partial charge in [-0.1, -0.05) is 13.3 Å². The zero-order valence-electron chi connectivity index (χ0n) is 6.99. The summed E-state index contributed by atoms with van der Waals surface area (Å²) < 4.78 is 1.84. The molecule has 0 bridgehead atoms. The van der Waals surface area contributed by atoms with Crippen molar-refractivity contribution in [2.24, 2.45) is 7.05 Å². The van der Waals surface area contributed by atoms with Crippen LogP contribution in [-0.2, 0) is 7.05 Å². The van der Waals surface area contributed by atoms with Gasteiger partial charge >= 0.3 is 0 Å². The van der Waals surface area contributed by atoms with E-state index in [1.807, 2.05) is 24.7 Å². The van der Waals surface area contributed by atoms with Crippen molar-refractivity contribution in [1.29, 1.82) is 0 Å². The lowest BCUT2D eigenvalue weighted by atomic mass is 10.2. The molecule has 0 saturated carbocycles. The lowest BCUT2D eigenvalue weighted by Gasteiger charge is -2.03. The van der Waals surface area contributed by atoms with E-state index >= 15 is 0 Å². The normalized spacial score (nSPS) is 13.4. The van der Waals surface area contributed by atoms with Crippen molar-refractivity contribution < 1.29 is 5.11 Å². The Kier molecular flexibility index (Phi) is 2.65. The smallest absolute Gasteiger partial charge is 0.0975 e. The van der Waals surface area contributed by atoms with E-state index in [0.29, 0.717) is 0 Å². The lowest BCUT2D eigenvalue weighted by Crippen LogP contribution is -1.96. The second-order valence-electron chi connectivity index (χ2n) is 2.77. The molecule has 1 aromatic rings. The molecule has 0 amide bonds. The molecule has 1 rings (SSSR count). The van der Waals surface area contributed by atoms with Crippen LogP contribution in [0.3, 0.4) is 0 Å². The van der Waals surface area contributed by atoms with Gasteiger partial charge in [-0.3, -0.25) is 0 Å². The van der Waals surface area contributed by atoms with Crippen LogP contribution in [0.1, 0.15) is 31.6 Å². The van der Waals surface area contributed by atoms with E-state index in [1.165, 1.54) is 0 Å². The summed E-state index contributed by atoms with van der Waals surface area (Å²) in [6, 6.07) is 0. The van der Waals surface area contributed by atoms with E-state index in [4.69, 9.17) is 0 Å². The lowest BCUT2D eigenvalue weighted by molar-refractivity contribution is 0.162. The molecule has 0 aromatic carbocycles. The number of aliphatic hydroxyl groups is 1. The van der Waals surface area contributed by atoms with Crippen LogP contribution >= 0.6 is 0 Å². The molecule has 11 heavy (non-hydrogen) atoms. The summed E-state index contributed by atoms with van der Waals surface area (Å²) in [7, 11) is 1.90. The standard InChI is InChI=1S/C8H14N2O/c1-3-4-8(11)7-5-10(2)6-9-7/h5-6,8,11H,3-4H2,1-2H3. The molecule has 0 aliphatic carbocycles. The minimum atomic E-state index is -0.388. The van der Waals surface area contributed by atoms with Crippen molar-refractivity contribution in [2.75, 3.05) is 0 Å². The zero-order valence-corrected chi connectivity index (χ0v) is 6.99. The molecule has 0 spiro atoms. The third kappa shape index (κ3) is 2.05. The Morgan fingerprint density at radius 2 is 2.45 bits per heavy atom. The third-order valence-corrected chi connectivity index (χ3v) is 1.63. The van der Waals surface area contributed by atoms with Gasteiger partial charge in [0.25, 0.3) is 0 Å². The highest BCUT2D eigenvalue weighted by molar-refractivity contribution is 4.99. The SMILES string of the molecule is CCCC(O)c1cn(C)cn1. The van der Waals surface area contributed by atoms with Crippen molar-refractivity contribution in [3.8, 4) is 0 Å². The Bertz CT molecular complexity index is 220. The Hall–Kier alpha value is -0.830. The maximum atomic E-state index is 9.46. The first-order valence-corrected chi connectivity index (χ1v) is 3.90. The predicted molar refractivity (Wildman–Crippen MR) is 43.1 cm³/mol. The molecular weight excluding hydrogens is 140 g/mol. The van der Waals surface area contributed by atoms with Crippen molar-refractivity contribution in [3.63, 3.8) is 0 Å². The van der Waals surface area contributed by atoms with E-state index < -0.39 is 0 Å². The molecule has 0 saturated heterocycles. The van der Waals surface area contributed by atoms with Gasteiger partial charge in [-0.05, 0) is 6.42 Å². The second-order valence-corrected chi connectivity index (χ2v) is 2.77. The highest BCUT2D eigenvalue weighted by Gasteiger charge is 2.07. The molecule has 0 aliphatic rings. The van der Waals surface area contributed by atoms with Crippen molar-refractivity contribution in [2.45, 2.75) is 25.9 Å². The number of aryl methyl sites for hydroxylation is 1. The minimum Gasteiger partial charge on any atom is -0.387 e. The van der Waals surface area contributed by atoms with Crippen LogP contribution in [0.5, 0.6) is 0 Å². The molecule has 1 atom stereocenters. The molecule has 0 fully saturated rings. The van der Waals surface area contributed by atoms with Gasteiger partial charge < -0.3 is 9.67 Å². The van der Waals surface area contributed by atoms with E-state index in [0.717, 1.165) is 18.5 Å². The number of hydrogen-bond donors (Lipinski definition) is 1. The monoisotopic (exact) mass is 154 g/mol. The van der Waals surface area contributed by atoms with Crippen LogP contribution < -0.4 is 0 Å². The zero-order chi connectivity index (χ0) is 8.27. The van der Waals surface area contributed by atoms with Crippen molar-refractivity contribution in [3.05, 3.63) is 18.2 Å². The Morgan fingerprint density at radius 3 is 2.91 bits per heavy atom. The summed E-state index contributed by atoms with van der Waals surface area (Å²) in [5.41, 5.74) is 0.773. The largest absolute Gasteiger partial charge is 0.387 e. The summed E-state index contributed by atoms with van der Waals surface area (Å²) in [6.45, 7) is 2.05. The van der Waals surface area contributed by atoms with E-state index in [-0.39, 0.29) is 6.10 Å². The first-order valence-electron chi connectivity index (χ1n) is 3.90. The first kappa shape index (κ1) is 8.27. The number of hydrogen-bond acceptors (Lipinski definition) is 2. The highest BCUT2D eigenvalue weighted by atomic mass is 16.3. The van der Waals surface area contributed by atoms with E-state index in [1.54, 1.807) is 6.33 Å². The second kappa shape index (κ2) is 3.53. The molecule has 1 aromatic heterocycles. The summed E-state index contributed by atoms with van der Waals surface area (Å²) in [5.74, 6) is 0. The van der Waals surface area contributed by atoms with E-state index in [9.17, 15) is 5.11 Å². The summed E-state index contributed by atoms with van der Waals surface area (Å²) in [5, 5.41) is 9.46. The predicted octanol–water partition coefficient (Wildman–Crippen LogP) is 1.25. The average Bonchev–Trinajstić information content (AvgIpc) is 2.36. The minimum absolute atomic E-state index is 0.388. The molecule has 1 heterocycles. The quantitative estimate of drug-likeness (QED) is 0.711. The molecule has 62 valence electrons. The number of aromatic nitrogens is 2. The van der Waals surface area contributed by atoms with Crippen molar-refractivity contribution >= 4 is 0 Å². The Balaban J connectivity index is 2.60. The number of nitrogens with zero attached hydrogens (tertiary/aromatic N) is 2. The number of aliphatic hydroxyl groups excluding tert-OH is 1. The molecular formula is C8H14N2O. The fourth-order valence-corrected chi connectivity index (χ4v) is 1.03. The summed E-state index contributed by atoms with van der Waals surface area (Å²) in [6.07, 6.45) is 4.93. The van der Waals surface area contributed by atoms with E-state index in [2.05, 4.69) is 4.98 Å². The average molecular weight is 154 g/mol. The third-order valence-electron chi connectivity index (χ3n) is 1.63. The van der Waals surface area contributed by atoms with Crippen LogP contribution in [0, 0.1) is 0 Å². The summed E-state index contributed by atoms with van der Waals surface area (Å²) in [4.78, 5) is 4.05. The van der Waals surface area contributed by atoms with Crippen LogP contribution in [0.2, 0.25) is 0 Å².